The van der Waals surface area contributed by atoms with E-state index >= 15 is 0 Å². The standard InChI is InChI=1S/C14H21NO4/c1-8-4-6-15(7-5-8)13(16)11-9-2-3-10(19-9)12(11)14(17)18/h8-12H,2-7H2,1H3,(H,17,18)/p-1/t9-,10+,11?,12?/m0/s1. The predicted octanol–water partition coefficient (Wildman–Crippen LogP) is -0.212. The molecule has 0 aromatic heterocycles. The molecule has 19 heavy (non-hydrogen) atoms. The van der Waals surface area contributed by atoms with Crippen molar-refractivity contribution in [3.05, 3.63) is 0 Å². The Morgan fingerprint density at radius 1 is 1.05 bits per heavy atom. The number of fused-ring (bicyclic) bond motifs is 2. The maximum atomic E-state index is 12.6. The molecule has 1 amide bonds. The van der Waals surface area contributed by atoms with Gasteiger partial charge in [-0.15, -0.1) is 0 Å². The number of carboxylic acids is 1. The lowest BCUT2D eigenvalue weighted by Crippen LogP contribution is -2.50. The van der Waals surface area contributed by atoms with Gasteiger partial charge in [0, 0.05) is 25.0 Å². The van der Waals surface area contributed by atoms with Crippen molar-refractivity contribution in [3.63, 3.8) is 0 Å². The first-order chi connectivity index (χ1) is 9.08. The summed E-state index contributed by atoms with van der Waals surface area (Å²) in [6.07, 6.45) is 3.03. The lowest BCUT2D eigenvalue weighted by molar-refractivity contribution is -0.314. The van der Waals surface area contributed by atoms with Crippen LogP contribution in [0.3, 0.4) is 0 Å². The quantitative estimate of drug-likeness (QED) is 0.693. The highest BCUT2D eigenvalue weighted by Gasteiger charge is 2.53. The lowest BCUT2D eigenvalue weighted by atomic mass is 9.78. The van der Waals surface area contributed by atoms with E-state index in [0.717, 1.165) is 38.8 Å². The Balaban J connectivity index is 1.73. The molecule has 3 aliphatic heterocycles. The normalized spacial score (nSPS) is 38.7. The summed E-state index contributed by atoms with van der Waals surface area (Å²) < 4.78 is 5.62. The Morgan fingerprint density at radius 3 is 2.21 bits per heavy atom. The highest BCUT2D eigenvalue weighted by Crippen LogP contribution is 2.44. The first-order valence-electron chi connectivity index (χ1n) is 7.23. The number of hydrogen-bond acceptors (Lipinski definition) is 4. The van der Waals surface area contributed by atoms with Gasteiger partial charge >= 0.3 is 0 Å². The van der Waals surface area contributed by atoms with E-state index in [4.69, 9.17) is 4.74 Å². The van der Waals surface area contributed by atoms with Crippen molar-refractivity contribution in [2.75, 3.05) is 13.1 Å². The van der Waals surface area contributed by atoms with E-state index in [-0.39, 0.29) is 18.1 Å². The second-order valence-electron chi connectivity index (χ2n) is 6.17. The van der Waals surface area contributed by atoms with Crippen LogP contribution < -0.4 is 5.11 Å². The van der Waals surface area contributed by atoms with E-state index < -0.39 is 17.8 Å². The molecule has 0 radical (unpaired) electrons. The zero-order valence-electron chi connectivity index (χ0n) is 11.2. The molecule has 0 aromatic rings. The van der Waals surface area contributed by atoms with E-state index in [1.165, 1.54) is 0 Å². The van der Waals surface area contributed by atoms with Gasteiger partial charge in [-0.25, -0.2) is 0 Å². The van der Waals surface area contributed by atoms with Crippen LogP contribution >= 0.6 is 0 Å². The summed E-state index contributed by atoms with van der Waals surface area (Å²) in [5.74, 6) is -1.77. The summed E-state index contributed by atoms with van der Waals surface area (Å²) in [6.45, 7) is 3.67. The molecule has 3 fully saturated rings. The molecule has 3 heterocycles. The van der Waals surface area contributed by atoms with Crippen LogP contribution in [0.4, 0.5) is 0 Å². The van der Waals surface area contributed by atoms with Crippen molar-refractivity contribution >= 4 is 11.9 Å². The summed E-state index contributed by atoms with van der Waals surface area (Å²) >= 11 is 0. The maximum Gasteiger partial charge on any atom is 0.229 e. The maximum absolute atomic E-state index is 12.6. The molecule has 2 bridgehead atoms. The van der Waals surface area contributed by atoms with Crippen LogP contribution in [0, 0.1) is 17.8 Å². The van der Waals surface area contributed by atoms with Gasteiger partial charge in [0.2, 0.25) is 5.91 Å². The molecule has 2 unspecified atom stereocenters. The van der Waals surface area contributed by atoms with Gasteiger partial charge in [-0.3, -0.25) is 4.79 Å². The summed E-state index contributed by atoms with van der Waals surface area (Å²) in [5, 5.41) is 11.3. The topological polar surface area (TPSA) is 69.7 Å². The van der Waals surface area contributed by atoms with E-state index in [0.29, 0.717) is 5.92 Å². The van der Waals surface area contributed by atoms with Crippen molar-refractivity contribution in [1.82, 2.24) is 4.90 Å². The first kappa shape index (κ1) is 12.9. The Bertz CT molecular complexity index is 389. The molecule has 3 saturated heterocycles. The number of carboxylic acid groups (broad SMARTS) is 1. The smallest absolute Gasteiger partial charge is 0.229 e. The second-order valence-corrected chi connectivity index (χ2v) is 6.17. The zero-order valence-corrected chi connectivity index (χ0v) is 11.2. The fourth-order valence-electron chi connectivity index (χ4n) is 3.73. The summed E-state index contributed by atoms with van der Waals surface area (Å²) in [6, 6.07) is 0. The molecule has 5 heteroatoms. The number of likely N-dealkylation sites (tertiary alicyclic amines) is 1. The SMILES string of the molecule is CC1CCN(C(=O)C2C(C(=O)[O-])[C@H]3CC[C@@H]2O3)CC1. The molecule has 0 saturated carbocycles. The number of carbonyl (C=O) groups is 2. The van der Waals surface area contributed by atoms with Crippen LogP contribution in [-0.2, 0) is 14.3 Å². The molecular formula is C14H20NO4-. The average Bonchev–Trinajstić information content (AvgIpc) is 2.98. The van der Waals surface area contributed by atoms with Gasteiger partial charge in [-0.05, 0) is 31.6 Å². The van der Waals surface area contributed by atoms with Crippen molar-refractivity contribution in [2.45, 2.75) is 44.8 Å². The van der Waals surface area contributed by atoms with E-state index in [2.05, 4.69) is 6.92 Å². The van der Waals surface area contributed by atoms with E-state index in [1.54, 1.807) is 0 Å². The Kier molecular flexibility index (Phi) is 3.25. The molecule has 3 aliphatic rings. The number of piperidine rings is 1. The zero-order chi connectivity index (χ0) is 13.6. The average molecular weight is 266 g/mol. The fourth-order valence-corrected chi connectivity index (χ4v) is 3.73. The third kappa shape index (κ3) is 2.14. The number of aliphatic carboxylic acids is 1. The Morgan fingerprint density at radius 2 is 1.63 bits per heavy atom. The molecule has 0 spiro atoms. The largest absolute Gasteiger partial charge is 0.550 e. The van der Waals surface area contributed by atoms with Gasteiger partial charge in [0.25, 0.3) is 0 Å². The van der Waals surface area contributed by atoms with Gasteiger partial charge in [0.1, 0.15) is 0 Å². The number of amides is 1. The summed E-state index contributed by atoms with van der Waals surface area (Å²) in [4.78, 5) is 25.7. The highest BCUT2D eigenvalue weighted by atomic mass is 16.5. The van der Waals surface area contributed by atoms with Crippen molar-refractivity contribution in [3.8, 4) is 0 Å². The molecular weight excluding hydrogens is 246 g/mol. The number of hydrogen-bond donors (Lipinski definition) is 0. The van der Waals surface area contributed by atoms with Gasteiger partial charge in [-0.2, -0.15) is 0 Å². The van der Waals surface area contributed by atoms with Gasteiger partial charge in [0.05, 0.1) is 18.1 Å². The van der Waals surface area contributed by atoms with Gasteiger partial charge in [-0.1, -0.05) is 6.92 Å². The van der Waals surface area contributed by atoms with Crippen molar-refractivity contribution in [2.24, 2.45) is 17.8 Å². The number of rotatable bonds is 2. The minimum Gasteiger partial charge on any atom is -0.550 e. The Labute approximate surface area is 112 Å². The fraction of sp³-hybridized carbons (Fsp3) is 0.857. The number of ether oxygens (including phenoxy) is 1. The van der Waals surface area contributed by atoms with E-state index in [1.807, 2.05) is 4.90 Å². The van der Waals surface area contributed by atoms with Gasteiger partial charge < -0.3 is 19.5 Å². The van der Waals surface area contributed by atoms with Crippen molar-refractivity contribution in [1.29, 1.82) is 0 Å². The monoisotopic (exact) mass is 266 g/mol. The number of carbonyl (C=O) groups excluding carboxylic acids is 2. The van der Waals surface area contributed by atoms with E-state index in [9.17, 15) is 14.7 Å². The van der Waals surface area contributed by atoms with Crippen LogP contribution in [0.25, 0.3) is 0 Å². The molecule has 5 nitrogen and oxygen atoms in total. The molecule has 3 rings (SSSR count). The molecule has 0 aliphatic carbocycles. The molecule has 0 N–H and O–H groups in total. The van der Waals surface area contributed by atoms with Crippen LogP contribution in [0.1, 0.15) is 32.6 Å². The third-order valence-electron chi connectivity index (χ3n) is 4.93. The number of nitrogens with zero attached hydrogens (tertiary/aromatic N) is 1. The van der Waals surface area contributed by atoms with Crippen LogP contribution in [0.5, 0.6) is 0 Å². The lowest BCUT2D eigenvalue weighted by Gasteiger charge is -2.36. The van der Waals surface area contributed by atoms with Crippen LogP contribution in [-0.4, -0.2) is 42.1 Å². The Hall–Kier alpha value is -1.10. The third-order valence-corrected chi connectivity index (χ3v) is 4.93. The first-order valence-corrected chi connectivity index (χ1v) is 7.23. The molecule has 4 atom stereocenters. The summed E-state index contributed by atoms with van der Waals surface area (Å²) in [7, 11) is 0. The summed E-state index contributed by atoms with van der Waals surface area (Å²) in [5.41, 5.74) is 0. The minimum absolute atomic E-state index is 0.0340. The van der Waals surface area contributed by atoms with Gasteiger partial charge in [0.15, 0.2) is 0 Å². The second kappa shape index (κ2) is 4.78. The minimum atomic E-state index is -1.13. The molecule has 106 valence electrons. The molecule has 0 aromatic carbocycles. The predicted molar refractivity (Wildman–Crippen MR) is 64.9 cm³/mol. The highest BCUT2D eigenvalue weighted by molar-refractivity contribution is 5.86. The van der Waals surface area contributed by atoms with Crippen LogP contribution in [0.15, 0.2) is 0 Å². The van der Waals surface area contributed by atoms with Crippen molar-refractivity contribution < 1.29 is 19.4 Å². The van der Waals surface area contributed by atoms with Crippen LogP contribution in [0.2, 0.25) is 0 Å².